The largest absolute Gasteiger partial charge is 0.492 e. The molecule has 0 unspecified atom stereocenters. The number of hydrogen-bond acceptors (Lipinski definition) is 7. The van der Waals surface area contributed by atoms with E-state index in [0.29, 0.717) is 23.8 Å². The summed E-state index contributed by atoms with van der Waals surface area (Å²) < 4.78 is 11.3. The summed E-state index contributed by atoms with van der Waals surface area (Å²) in [5.41, 5.74) is 0.190. The minimum atomic E-state index is -0.567. The van der Waals surface area contributed by atoms with E-state index in [1.807, 2.05) is 43.3 Å². The zero-order chi connectivity index (χ0) is 20.9. The van der Waals surface area contributed by atoms with Crippen LogP contribution in [-0.2, 0) is 0 Å². The second-order valence-electron chi connectivity index (χ2n) is 6.30. The molecular formula is C22H18N4O4. The van der Waals surface area contributed by atoms with Gasteiger partial charge in [-0.1, -0.05) is 42.5 Å². The fourth-order valence-electron chi connectivity index (χ4n) is 3.01. The average Bonchev–Trinajstić information content (AvgIpc) is 2.75. The van der Waals surface area contributed by atoms with Gasteiger partial charge in [0.1, 0.15) is 17.8 Å². The molecule has 0 radical (unpaired) electrons. The van der Waals surface area contributed by atoms with E-state index in [1.54, 1.807) is 30.3 Å². The highest BCUT2D eigenvalue weighted by Crippen LogP contribution is 2.37. The van der Waals surface area contributed by atoms with Crippen LogP contribution in [0.5, 0.6) is 17.4 Å². The van der Waals surface area contributed by atoms with Crippen molar-refractivity contribution in [2.45, 2.75) is 6.92 Å². The van der Waals surface area contributed by atoms with E-state index in [4.69, 9.17) is 9.47 Å². The Labute approximate surface area is 172 Å². The highest BCUT2D eigenvalue weighted by atomic mass is 16.6. The van der Waals surface area contributed by atoms with Crippen LogP contribution in [0.1, 0.15) is 6.92 Å². The lowest BCUT2D eigenvalue weighted by Crippen LogP contribution is -2.05. The number of nitrogens with one attached hydrogen (secondary N) is 1. The van der Waals surface area contributed by atoms with Crippen molar-refractivity contribution < 1.29 is 14.4 Å². The van der Waals surface area contributed by atoms with E-state index >= 15 is 0 Å². The Kier molecular flexibility index (Phi) is 5.38. The van der Waals surface area contributed by atoms with Gasteiger partial charge >= 0.3 is 11.6 Å². The summed E-state index contributed by atoms with van der Waals surface area (Å²) in [5, 5.41) is 16.8. The first kappa shape index (κ1) is 19.1. The minimum Gasteiger partial charge on any atom is -0.492 e. The molecule has 1 heterocycles. The Morgan fingerprint density at radius 2 is 1.77 bits per heavy atom. The summed E-state index contributed by atoms with van der Waals surface area (Å²) in [4.78, 5) is 19.3. The lowest BCUT2D eigenvalue weighted by Gasteiger charge is -2.13. The van der Waals surface area contributed by atoms with Crippen molar-refractivity contribution in [1.82, 2.24) is 9.97 Å². The van der Waals surface area contributed by atoms with Crippen LogP contribution in [0.2, 0.25) is 0 Å². The zero-order valence-electron chi connectivity index (χ0n) is 16.1. The van der Waals surface area contributed by atoms with Gasteiger partial charge in [-0.3, -0.25) is 10.1 Å². The number of ether oxygens (including phenoxy) is 2. The van der Waals surface area contributed by atoms with Gasteiger partial charge in [0.15, 0.2) is 0 Å². The second-order valence-corrected chi connectivity index (χ2v) is 6.30. The summed E-state index contributed by atoms with van der Waals surface area (Å²) in [5.74, 6) is 0.862. The van der Waals surface area contributed by atoms with Crippen LogP contribution in [0.3, 0.4) is 0 Å². The molecule has 8 nitrogen and oxygen atoms in total. The molecule has 30 heavy (non-hydrogen) atoms. The molecule has 0 amide bonds. The van der Waals surface area contributed by atoms with Crippen molar-refractivity contribution in [3.63, 3.8) is 0 Å². The van der Waals surface area contributed by atoms with Crippen LogP contribution in [0.4, 0.5) is 17.2 Å². The molecule has 3 aromatic carbocycles. The third kappa shape index (κ3) is 3.97. The Bertz CT molecular complexity index is 1210. The fraction of sp³-hybridized carbons (Fsp3) is 0.0909. The van der Waals surface area contributed by atoms with Gasteiger partial charge in [-0.2, -0.15) is 4.98 Å². The predicted octanol–water partition coefficient (Wildman–Crippen LogP) is 5.47. The van der Waals surface area contributed by atoms with Crippen molar-refractivity contribution in [3.05, 3.63) is 83.2 Å². The summed E-state index contributed by atoms with van der Waals surface area (Å²) in [6.45, 7) is 2.32. The molecule has 0 spiro atoms. The maximum atomic E-state index is 11.8. The van der Waals surface area contributed by atoms with Crippen LogP contribution >= 0.6 is 0 Å². The molecule has 0 saturated heterocycles. The molecular weight excluding hydrogens is 384 g/mol. The minimum absolute atomic E-state index is 0.0120. The predicted molar refractivity (Wildman–Crippen MR) is 114 cm³/mol. The molecule has 0 aliphatic carbocycles. The molecule has 1 aromatic heterocycles. The van der Waals surface area contributed by atoms with Crippen LogP contribution in [0, 0.1) is 10.1 Å². The lowest BCUT2D eigenvalue weighted by molar-refractivity contribution is -0.385. The van der Waals surface area contributed by atoms with Crippen molar-refractivity contribution in [1.29, 1.82) is 0 Å². The first-order valence-corrected chi connectivity index (χ1v) is 9.30. The third-order valence-electron chi connectivity index (χ3n) is 4.35. The molecule has 1 N–H and O–H groups in total. The van der Waals surface area contributed by atoms with E-state index in [1.165, 1.54) is 6.33 Å². The smallest absolute Gasteiger partial charge is 0.373 e. The highest BCUT2D eigenvalue weighted by Gasteiger charge is 2.26. The number of para-hydroxylation sites is 2. The SMILES string of the molecule is CCOc1ccccc1Nc1ncnc(Oc2ccc3ccccc3c2)c1[N+](=O)[O-]. The molecule has 4 rings (SSSR count). The van der Waals surface area contributed by atoms with Crippen LogP contribution in [0.15, 0.2) is 73.1 Å². The standard InChI is InChI=1S/C22H18N4O4/c1-2-29-19-10-6-5-9-18(19)25-21-20(26(27)28)22(24-14-23-21)30-17-12-11-15-7-3-4-8-16(15)13-17/h3-14H,2H2,1H3,(H,23,24,25). The Balaban J connectivity index is 1.70. The van der Waals surface area contributed by atoms with Crippen LogP contribution < -0.4 is 14.8 Å². The molecule has 8 heteroatoms. The Morgan fingerprint density at radius 3 is 2.57 bits per heavy atom. The normalized spacial score (nSPS) is 10.6. The number of anilines is 2. The van der Waals surface area contributed by atoms with Gasteiger partial charge in [0, 0.05) is 0 Å². The number of aromatic nitrogens is 2. The van der Waals surface area contributed by atoms with Gasteiger partial charge < -0.3 is 14.8 Å². The maximum absolute atomic E-state index is 11.8. The number of rotatable bonds is 7. The van der Waals surface area contributed by atoms with E-state index in [9.17, 15) is 10.1 Å². The monoisotopic (exact) mass is 402 g/mol. The molecule has 0 aliphatic heterocycles. The van der Waals surface area contributed by atoms with Crippen molar-refractivity contribution in [2.75, 3.05) is 11.9 Å². The molecule has 0 saturated carbocycles. The van der Waals surface area contributed by atoms with Gasteiger partial charge in [0.25, 0.3) is 0 Å². The molecule has 0 bridgehead atoms. The first-order valence-electron chi connectivity index (χ1n) is 9.30. The van der Waals surface area contributed by atoms with Gasteiger partial charge in [-0.05, 0) is 42.0 Å². The zero-order valence-corrected chi connectivity index (χ0v) is 16.1. The van der Waals surface area contributed by atoms with Crippen molar-refractivity contribution >= 4 is 28.0 Å². The van der Waals surface area contributed by atoms with Crippen molar-refractivity contribution in [3.8, 4) is 17.4 Å². The Hall–Kier alpha value is -4.20. The van der Waals surface area contributed by atoms with Gasteiger partial charge in [0.2, 0.25) is 5.82 Å². The van der Waals surface area contributed by atoms with Crippen LogP contribution in [0.25, 0.3) is 10.8 Å². The molecule has 4 aromatic rings. The van der Waals surface area contributed by atoms with E-state index in [0.717, 1.165) is 10.8 Å². The summed E-state index contributed by atoms with van der Waals surface area (Å²) in [6, 6.07) is 20.3. The highest BCUT2D eigenvalue weighted by molar-refractivity contribution is 5.84. The number of benzene rings is 3. The van der Waals surface area contributed by atoms with Gasteiger partial charge in [0.05, 0.1) is 17.2 Å². The lowest BCUT2D eigenvalue weighted by atomic mass is 10.1. The van der Waals surface area contributed by atoms with Crippen LogP contribution in [-0.4, -0.2) is 21.5 Å². The third-order valence-corrected chi connectivity index (χ3v) is 4.35. The maximum Gasteiger partial charge on any atom is 0.373 e. The van der Waals surface area contributed by atoms with Gasteiger partial charge in [-0.15, -0.1) is 0 Å². The van der Waals surface area contributed by atoms with E-state index in [-0.39, 0.29) is 17.4 Å². The van der Waals surface area contributed by atoms with Gasteiger partial charge in [-0.25, -0.2) is 4.98 Å². The first-order chi connectivity index (χ1) is 14.7. The Morgan fingerprint density at radius 1 is 1.00 bits per heavy atom. The summed E-state index contributed by atoms with van der Waals surface area (Å²) >= 11 is 0. The summed E-state index contributed by atoms with van der Waals surface area (Å²) in [7, 11) is 0. The fourth-order valence-corrected chi connectivity index (χ4v) is 3.01. The molecule has 0 aliphatic rings. The van der Waals surface area contributed by atoms with E-state index in [2.05, 4.69) is 15.3 Å². The average molecular weight is 402 g/mol. The number of nitrogens with zero attached hydrogens (tertiary/aromatic N) is 3. The molecule has 150 valence electrons. The number of nitro groups is 1. The van der Waals surface area contributed by atoms with E-state index < -0.39 is 4.92 Å². The summed E-state index contributed by atoms with van der Waals surface area (Å²) in [6.07, 6.45) is 1.22. The molecule has 0 fully saturated rings. The molecule has 0 atom stereocenters. The topological polar surface area (TPSA) is 99.4 Å². The number of hydrogen-bond donors (Lipinski definition) is 1. The quantitative estimate of drug-likeness (QED) is 0.323. The number of fused-ring (bicyclic) bond motifs is 1. The second kappa shape index (κ2) is 8.44. The van der Waals surface area contributed by atoms with Crippen molar-refractivity contribution in [2.24, 2.45) is 0 Å².